The summed E-state index contributed by atoms with van der Waals surface area (Å²) in [6.45, 7) is 6.30. The molecule has 1 atom stereocenters. The van der Waals surface area contributed by atoms with Crippen molar-refractivity contribution in [3.05, 3.63) is 29.1 Å². The summed E-state index contributed by atoms with van der Waals surface area (Å²) >= 11 is 0. The molecule has 3 heteroatoms. The van der Waals surface area contributed by atoms with E-state index in [4.69, 9.17) is 5.73 Å². The smallest absolute Gasteiger partial charge is 0.107 e. The van der Waals surface area contributed by atoms with Crippen molar-refractivity contribution in [2.24, 2.45) is 5.73 Å². The Kier molecular flexibility index (Phi) is 3.48. The van der Waals surface area contributed by atoms with Crippen molar-refractivity contribution in [3.63, 3.8) is 0 Å². The molecule has 2 rings (SSSR count). The number of hydrogen-bond donors (Lipinski definition) is 2. The second kappa shape index (κ2) is 4.88. The van der Waals surface area contributed by atoms with E-state index in [1.807, 2.05) is 6.92 Å². The Morgan fingerprint density at radius 1 is 1.29 bits per heavy atom. The van der Waals surface area contributed by atoms with Gasteiger partial charge >= 0.3 is 0 Å². The van der Waals surface area contributed by atoms with Gasteiger partial charge in [-0.25, -0.2) is 4.98 Å². The van der Waals surface area contributed by atoms with Crippen LogP contribution in [0.5, 0.6) is 0 Å². The van der Waals surface area contributed by atoms with E-state index in [0.29, 0.717) is 0 Å². The molecule has 92 valence electrons. The number of nitrogens with two attached hydrogens (primary N) is 1. The molecular formula is C14H21N3. The Morgan fingerprint density at radius 2 is 2.00 bits per heavy atom. The molecule has 0 aliphatic carbocycles. The summed E-state index contributed by atoms with van der Waals surface area (Å²) in [5.74, 6) is 1.07. The van der Waals surface area contributed by atoms with Gasteiger partial charge in [0.25, 0.3) is 0 Å². The van der Waals surface area contributed by atoms with E-state index in [9.17, 15) is 0 Å². The van der Waals surface area contributed by atoms with Crippen molar-refractivity contribution < 1.29 is 0 Å². The summed E-state index contributed by atoms with van der Waals surface area (Å²) in [7, 11) is 0. The van der Waals surface area contributed by atoms with Crippen molar-refractivity contribution in [2.45, 2.75) is 46.1 Å². The molecule has 17 heavy (non-hydrogen) atoms. The second-order valence-corrected chi connectivity index (χ2v) is 5.01. The van der Waals surface area contributed by atoms with Gasteiger partial charge in [0, 0.05) is 12.5 Å². The molecule has 1 heterocycles. The SMILES string of the molecule is Cc1cc2nc(CCCC(C)N)[nH]c2cc1C. The normalized spacial score (nSPS) is 13.2. The quantitative estimate of drug-likeness (QED) is 0.850. The molecule has 0 aliphatic heterocycles. The lowest BCUT2D eigenvalue weighted by Crippen LogP contribution is -2.14. The highest BCUT2D eigenvalue weighted by Gasteiger charge is 2.05. The van der Waals surface area contributed by atoms with Crippen LogP contribution in [0.4, 0.5) is 0 Å². The number of benzene rings is 1. The highest BCUT2D eigenvalue weighted by atomic mass is 14.9. The highest BCUT2D eigenvalue weighted by molar-refractivity contribution is 5.77. The van der Waals surface area contributed by atoms with Crippen molar-refractivity contribution in [1.29, 1.82) is 0 Å². The van der Waals surface area contributed by atoms with Crippen LogP contribution in [0.3, 0.4) is 0 Å². The Hall–Kier alpha value is -1.35. The van der Waals surface area contributed by atoms with Crippen LogP contribution in [0.1, 0.15) is 36.7 Å². The molecule has 0 spiro atoms. The summed E-state index contributed by atoms with van der Waals surface area (Å²) in [5, 5.41) is 0. The predicted molar refractivity (Wildman–Crippen MR) is 72.2 cm³/mol. The maximum Gasteiger partial charge on any atom is 0.107 e. The van der Waals surface area contributed by atoms with E-state index < -0.39 is 0 Å². The summed E-state index contributed by atoms with van der Waals surface area (Å²) in [6, 6.07) is 4.60. The van der Waals surface area contributed by atoms with Crippen LogP contribution < -0.4 is 5.73 Å². The minimum Gasteiger partial charge on any atom is -0.342 e. The predicted octanol–water partition coefficient (Wildman–Crippen LogP) is 2.85. The van der Waals surface area contributed by atoms with Gasteiger partial charge in [-0.15, -0.1) is 0 Å². The van der Waals surface area contributed by atoms with Crippen LogP contribution >= 0.6 is 0 Å². The van der Waals surface area contributed by atoms with E-state index in [-0.39, 0.29) is 6.04 Å². The van der Waals surface area contributed by atoms with E-state index in [0.717, 1.165) is 36.1 Å². The van der Waals surface area contributed by atoms with E-state index in [2.05, 4.69) is 35.9 Å². The van der Waals surface area contributed by atoms with Crippen LogP contribution in [0.2, 0.25) is 0 Å². The van der Waals surface area contributed by atoms with Gasteiger partial charge in [0.1, 0.15) is 5.82 Å². The summed E-state index contributed by atoms with van der Waals surface area (Å²) in [5.41, 5.74) is 10.6. The average Bonchev–Trinajstić information content (AvgIpc) is 2.60. The summed E-state index contributed by atoms with van der Waals surface area (Å²) in [6.07, 6.45) is 3.12. The second-order valence-electron chi connectivity index (χ2n) is 5.01. The van der Waals surface area contributed by atoms with Crippen molar-refractivity contribution in [2.75, 3.05) is 0 Å². The number of nitrogens with one attached hydrogen (secondary N) is 1. The number of H-pyrrole nitrogens is 1. The van der Waals surface area contributed by atoms with Crippen LogP contribution in [0.15, 0.2) is 12.1 Å². The first-order valence-corrected chi connectivity index (χ1v) is 6.27. The first kappa shape index (κ1) is 12.1. The molecule has 1 aromatic heterocycles. The number of imidazole rings is 1. The molecule has 0 fully saturated rings. The van der Waals surface area contributed by atoms with Gasteiger partial charge < -0.3 is 10.7 Å². The lowest BCUT2D eigenvalue weighted by molar-refractivity contribution is 0.616. The largest absolute Gasteiger partial charge is 0.342 e. The molecule has 0 aliphatic rings. The lowest BCUT2D eigenvalue weighted by Gasteiger charge is -2.01. The Labute approximate surface area is 102 Å². The van der Waals surface area contributed by atoms with Crippen LogP contribution in [-0.2, 0) is 6.42 Å². The lowest BCUT2D eigenvalue weighted by atomic mass is 10.1. The summed E-state index contributed by atoms with van der Waals surface area (Å²) in [4.78, 5) is 8.00. The average molecular weight is 231 g/mol. The van der Waals surface area contributed by atoms with Gasteiger partial charge in [0.05, 0.1) is 11.0 Å². The minimum atomic E-state index is 0.281. The van der Waals surface area contributed by atoms with E-state index >= 15 is 0 Å². The van der Waals surface area contributed by atoms with Gasteiger partial charge in [0.15, 0.2) is 0 Å². The monoisotopic (exact) mass is 231 g/mol. The molecule has 3 N–H and O–H groups in total. The zero-order chi connectivity index (χ0) is 12.4. The summed E-state index contributed by atoms with van der Waals surface area (Å²) < 4.78 is 0. The zero-order valence-corrected chi connectivity index (χ0v) is 10.9. The van der Waals surface area contributed by atoms with Gasteiger partial charge in [-0.05, 0) is 56.9 Å². The van der Waals surface area contributed by atoms with Crippen LogP contribution in [0, 0.1) is 13.8 Å². The third kappa shape index (κ3) is 2.86. The van der Waals surface area contributed by atoms with Crippen LogP contribution in [-0.4, -0.2) is 16.0 Å². The van der Waals surface area contributed by atoms with Gasteiger partial charge in [-0.2, -0.15) is 0 Å². The van der Waals surface area contributed by atoms with Gasteiger partial charge in [-0.1, -0.05) is 0 Å². The molecule has 3 nitrogen and oxygen atoms in total. The fourth-order valence-electron chi connectivity index (χ4n) is 2.03. The molecule has 0 saturated carbocycles. The minimum absolute atomic E-state index is 0.281. The molecule has 2 aromatic rings. The topological polar surface area (TPSA) is 54.7 Å². The Morgan fingerprint density at radius 3 is 2.71 bits per heavy atom. The molecule has 0 bridgehead atoms. The Bertz CT molecular complexity index is 472. The van der Waals surface area contributed by atoms with Crippen molar-refractivity contribution in [1.82, 2.24) is 9.97 Å². The van der Waals surface area contributed by atoms with E-state index in [1.54, 1.807) is 0 Å². The standard InChI is InChI=1S/C14H21N3/c1-9-7-12-13(8-10(9)2)17-14(16-12)6-4-5-11(3)15/h7-8,11H,4-6,15H2,1-3H3,(H,16,17). The molecule has 0 amide bonds. The number of fused-ring (bicyclic) bond motifs is 1. The first-order valence-electron chi connectivity index (χ1n) is 6.27. The number of rotatable bonds is 4. The highest BCUT2D eigenvalue weighted by Crippen LogP contribution is 2.18. The molecular weight excluding hydrogens is 210 g/mol. The fraction of sp³-hybridized carbons (Fsp3) is 0.500. The Balaban J connectivity index is 2.14. The maximum atomic E-state index is 5.74. The fourth-order valence-corrected chi connectivity index (χ4v) is 2.03. The van der Waals surface area contributed by atoms with Crippen molar-refractivity contribution in [3.8, 4) is 0 Å². The number of nitrogens with zero attached hydrogens (tertiary/aromatic N) is 1. The third-order valence-corrected chi connectivity index (χ3v) is 3.22. The molecule has 1 aromatic carbocycles. The molecule has 0 saturated heterocycles. The van der Waals surface area contributed by atoms with Crippen molar-refractivity contribution >= 4 is 11.0 Å². The number of aromatic amines is 1. The molecule has 0 radical (unpaired) electrons. The number of aryl methyl sites for hydroxylation is 3. The van der Waals surface area contributed by atoms with Crippen LogP contribution in [0.25, 0.3) is 11.0 Å². The van der Waals surface area contributed by atoms with E-state index in [1.165, 1.54) is 11.1 Å². The van der Waals surface area contributed by atoms with Gasteiger partial charge in [-0.3, -0.25) is 0 Å². The van der Waals surface area contributed by atoms with Gasteiger partial charge in [0.2, 0.25) is 0 Å². The zero-order valence-electron chi connectivity index (χ0n) is 10.9. The number of hydrogen-bond acceptors (Lipinski definition) is 2. The molecule has 1 unspecified atom stereocenters. The third-order valence-electron chi connectivity index (χ3n) is 3.22. The number of aromatic nitrogens is 2. The maximum absolute atomic E-state index is 5.74. The first-order chi connectivity index (χ1) is 8.06.